The Labute approximate surface area is 175 Å². The van der Waals surface area contributed by atoms with Crippen LogP contribution in [0.25, 0.3) is 17.0 Å². The summed E-state index contributed by atoms with van der Waals surface area (Å²) in [6.45, 7) is 0. The molecule has 4 rings (SSSR count). The minimum Gasteiger partial charge on any atom is -0.373 e. The maximum Gasteiger partial charge on any atom is 0.264 e. The Hall–Kier alpha value is -2.61. The van der Waals surface area contributed by atoms with Crippen LogP contribution < -0.4 is 10.6 Å². The summed E-state index contributed by atoms with van der Waals surface area (Å²) in [6.07, 6.45) is 3.30. The highest BCUT2D eigenvalue weighted by molar-refractivity contribution is 8.18. The molecule has 0 unspecified atom stereocenters. The molecule has 0 spiro atoms. The number of hydrogen-bond acceptors (Lipinski definition) is 6. The number of nitrogens with one attached hydrogen (secondary N) is 2. The molecule has 2 heterocycles. The van der Waals surface area contributed by atoms with Gasteiger partial charge in [0.25, 0.3) is 5.91 Å². The molecule has 1 aliphatic heterocycles. The number of carbonyl (C=O) groups excluding carboxylic acids is 1. The lowest BCUT2D eigenvalue weighted by atomic mass is 10.1. The van der Waals surface area contributed by atoms with E-state index in [-0.39, 0.29) is 5.91 Å². The zero-order valence-electron chi connectivity index (χ0n) is 14.5. The molecule has 2 N–H and O–H groups in total. The topological polar surface area (TPSA) is 79.3 Å². The average Bonchev–Trinajstić information content (AvgIpc) is 3.03. The summed E-state index contributed by atoms with van der Waals surface area (Å²) in [7, 11) is 1.80. The van der Waals surface area contributed by atoms with Gasteiger partial charge in [-0.2, -0.15) is 0 Å². The van der Waals surface area contributed by atoms with Gasteiger partial charge in [-0.1, -0.05) is 35.3 Å². The number of hydrogen-bond donors (Lipinski definition) is 2. The number of para-hydroxylation sites is 1. The summed E-state index contributed by atoms with van der Waals surface area (Å²) < 4.78 is 0. The van der Waals surface area contributed by atoms with Crippen molar-refractivity contribution in [2.75, 3.05) is 12.4 Å². The molecule has 3 aromatic rings. The summed E-state index contributed by atoms with van der Waals surface area (Å²) in [5.74, 6) is 0.495. The maximum atomic E-state index is 12.4. The highest BCUT2D eigenvalue weighted by Gasteiger charge is 2.24. The van der Waals surface area contributed by atoms with Crippen molar-refractivity contribution in [3.8, 4) is 0 Å². The molecule has 0 atom stereocenters. The first kappa shape index (κ1) is 18.7. The second-order valence-electron chi connectivity index (χ2n) is 5.80. The minimum atomic E-state index is -0.231. The molecule has 1 aliphatic rings. The van der Waals surface area contributed by atoms with Crippen LogP contribution in [0.15, 0.2) is 52.6 Å². The molecular weight excluding hydrogens is 417 g/mol. The highest BCUT2D eigenvalue weighted by Crippen LogP contribution is 2.35. The van der Waals surface area contributed by atoms with Crippen LogP contribution in [0.5, 0.6) is 0 Å². The first-order chi connectivity index (χ1) is 13.5. The number of halogens is 2. The number of fused-ring (bicyclic) bond motifs is 1. The van der Waals surface area contributed by atoms with Gasteiger partial charge in [-0.3, -0.25) is 4.79 Å². The standard InChI is InChI=1S/C19H13Cl2N5OS/c1-22-17-11-7-10(5-6-14(11)23-9-24-17)8-15-18(27)26-19(28-15)25-16-12(20)3-2-4-13(16)21/h2-9H,1H3,(H,22,23,24)(H,25,26,27)/b15-8-. The fraction of sp³-hybridized carbons (Fsp3) is 0.0526. The number of amides is 1. The summed E-state index contributed by atoms with van der Waals surface area (Å²) in [5.41, 5.74) is 2.10. The lowest BCUT2D eigenvalue weighted by molar-refractivity contribution is -0.115. The van der Waals surface area contributed by atoms with E-state index in [1.807, 2.05) is 18.2 Å². The van der Waals surface area contributed by atoms with Crippen molar-refractivity contribution in [1.82, 2.24) is 15.3 Å². The van der Waals surface area contributed by atoms with Gasteiger partial charge in [0.1, 0.15) is 17.8 Å². The number of carbonyl (C=O) groups is 1. The van der Waals surface area contributed by atoms with E-state index in [2.05, 4.69) is 25.6 Å². The number of aromatic nitrogens is 2. The van der Waals surface area contributed by atoms with Crippen LogP contribution >= 0.6 is 35.0 Å². The molecule has 1 amide bonds. The van der Waals surface area contributed by atoms with Crippen molar-refractivity contribution in [1.29, 1.82) is 0 Å². The molecular formula is C19H13Cl2N5OS. The fourth-order valence-corrected chi connectivity index (χ4v) is 4.00. The number of rotatable bonds is 3. The molecule has 1 aromatic heterocycles. The summed E-state index contributed by atoms with van der Waals surface area (Å²) in [5, 5.41) is 7.92. The van der Waals surface area contributed by atoms with Crippen molar-refractivity contribution < 1.29 is 4.79 Å². The highest BCUT2D eigenvalue weighted by atomic mass is 35.5. The molecule has 28 heavy (non-hydrogen) atoms. The summed E-state index contributed by atoms with van der Waals surface area (Å²) >= 11 is 13.5. The van der Waals surface area contributed by atoms with Gasteiger partial charge in [0.2, 0.25) is 0 Å². The van der Waals surface area contributed by atoms with Gasteiger partial charge in [-0.15, -0.1) is 0 Å². The zero-order chi connectivity index (χ0) is 19.7. The third-order valence-corrected chi connectivity index (χ3v) is 5.52. The Morgan fingerprint density at radius 3 is 2.71 bits per heavy atom. The molecule has 9 heteroatoms. The largest absolute Gasteiger partial charge is 0.373 e. The smallest absolute Gasteiger partial charge is 0.264 e. The van der Waals surface area contributed by atoms with Crippen molar-refractivity contribution in [3.05, 3.63) is 63.2 Å². The van der Waals surface area contributed by atoms with Crippen molar-refractivity contribution in [2.45, 2.75) is 0 Å². The van der Waals surface area contributed by atoms with Gasteiger partial charge in [-0.05, 0) is 47.7 Å². The second kappa shape index (κ2) is 7.79. The second-order valence-corrected chi connectivity index (χ2v) is 7.65. The lowest BCUT2D eigenvalue weighted by Crippen LogP contribution is -2.19. The predicted molar refractivity (Wildman–Crippen MR) is 116 cm³/mol. The SMILES string of the molecule is CNc1ncnc2ccc(/C=C3\S/C(=N\c4c(Cl)cccc4Cl)NC3=O)cc12. The number of amidine groups is 1. The lowest BCUT2D eigenvalue weighted by Gasteiger charge is -2.04. The van der Waals surface area contributed by atoms with Crippen LogP contribution in [0.3, 0.4) is 0 Å². The fourth-order valence-electron chi connectivity index (χ4n) is 2.69. The number of aliphatic imine (C=N–C) groups is 1. The number of benzene rings is 2. The summed E-state index contributed by atoms with van der Waals surface area (Å²) in [4.78, 5) is 25.7. The average molecular weight is 430 g/mol. The number of nitrogens with zero attached hydrogens (tertiary/aromatic N) is 3. The van der Waals surface area contributed by atoms with Gasteiger partial charge >= 0.3 is 0 Å². The molecule has 0 bridgehead atoms. The Morgan fingerprint density at radius 1 is 1.18 bits per heavy atom. The van der Waals surface area contributed by atoms with Gasteiger partial charge in [0, 0.05) is 12.4 Å². The van der Waals surface area contributed by atoms with Crippen molar-refractivity contribution in [2.24, 2.45) is 4.99 Å². The van der Waals surface area contributed by atoms with Gasteiger partial charge < -0.3 is 10.6 Å². The monoisotopic (exact) mass is 429 g/mol. The third kappa shape index (κ3) is 3.69. The van der Waals surface area contributed by atoms with E-state index in [1.165, 1.54) is 18.1 Å². The molecule has 1 saturated heterocycles. The molecule has 1 fully saturated rings. The van der Waals surface area contributed by atoms with Gasteiger partial charge in [-0.25, -0.2) is 15.0 Å². The number of anilines is 1. The molecule has 6 nitrogen and oxygen atoms in total. The van der Waals surface area contributed by atoms with Crippen LogP contribution in [0.1, 0.15) is 5.56 Å². The Kier molecular flexibility index (Phi) is 5.21. The Balaban J connectivity index is 1.67. The van der Waals surface area contributed by atoms with E-state index in [0.717, 1.165) is 22.3 Å². The van der Waals surface area contributed by atoms with E-state index in [1.54, 1.807) is 31.3 Å². The molecule has 2 aromatic carbocycles. The van der Waals surface area contributed by atoms with Gasteiger partial charge in [0.15, 0.2) is 5.17 Å². The Morgan fingerprint density at radius 2 is 1.96 bits per heavy atom. The summed E-state index contributed by atoms with van der Waals surface area (Å²) in [6, 6.07) is 10.9. The molecule has 140 valence electrons. The molecule has 0 radical (unpaired) electrons. The maximum absolute atomic E-state index is 12.4. The normalized spacial score (nSPS) is 16.8. The van der Waals surface area contributed by atoms with Crippen LogP contribution in [0, 0.1) is 0 Å². The van der Waals surface area contributed by atoms with Gasteiger partial charge in [0.05, 0.1) is 20.5 Å². The van der Waals surface area contributed by atoms with E-state index in [9.17, 15) is 4.79 Å². The Bertz CT molecular complexity index is 1140. The van der Waals surface area contributed by atoms with E-state index in [4.69, 9.17) is 23.2 Å². The minimum absolute atomic E-state index is 0.231. The van der Waals surface area contributed by atoms with Crippen molar-refractivity contribution >= 4 is 74.5 Å². The number of thioether (sulfide) groups is 1. The van der Waals surface area contributed by atoms with Crippen LogP contribution in [-0.4, -0.2) is 28.1 Å². The third-order valence-electron chi connectivity index (χ3n) is 4.00. The van der Waals surface area contributed by atoms with Crippen LogP contribution in [0.2, 0.25) is 10.0 Å². The van der Waals surface area contributed by atoms with Crippen LogP contribution in [0.4, 0.5) is 11.5 Å². The first-order valence-electron chi connectivity index (χ1n) is 8.21. The van der Waals surface area contributed by atoms with E-state index in [0.29, 0.717) is 25.8 Å². The predicted octanol–water partition coefficient (Wildman–Crippen LogP) is 4.87. The zero-order valence-corrected chi connectivity index (χ0v) is 16.9. The van der Waals surface area contributed by atoms with E-state index >= 15 is 0 Å². The van der Waals surface area contributed by atoms with E-state index < -0.39 is 0 Å². The first-order valence-corrected chi connectivity index (χ1v) is 9.78. The molecule has 0 saturated carbocycles. The van der Waals surface area contributed by atoms with Crippen molar-refractivity contribution in [3.63, 3.8) is 0 Å². The molecule has 0 aliphatic carbocycles. The van der Waals surface area contributed by atoms with Crippen LogP contribution in [-0.2, 0) is 4.79 Å². The quantitative estimate of drug-likeness (QED) is 0.580.